The molecular weight excluding hydrogens is 431 g/mol. The highest BCUT2D eigenvalue weighted by molar-refractivity contribution is 7.89. The fraction of sp³-hybridized carbons (Fsp3) is 0.696. The topological polar surface area (TPSA) is 81.8 Å². The number of halogens is 1. The molecule has 0 unspecified atom stereocenters. The Morgan fingerprint density at radius 3 is 2.66 bits per heavy atom. The number of sulfonamides is 1. The van der Waals surface area contributed by atoms with Gasteiger partial charge in [-0.1, -0.05) is 19.1 Å². The minimum atomic E-state index is -5.88. The summed E-state index contributed by atoms with van der Waals surface area (Å²) in [5.74, 6) is -6.66. The molecule has 1 saturated carbocycles. The van der Waals surface area contributed by atoms with Gasteiger partial charge in [0.25, 0.3) is 0 Å². The van der Waals surface area contributed by atoms with Gasteiger partial charge >= 0.3 is 0 Å². The summed E-state index contributed by atoms with van der Waals surface area (Å²) < 4.78 is 187. The molecule has 1 aromatic carbocycles. The van der Waals surface area contributed by atoms with Crippen molar-refractivity contribution in [1.29, 1.82) is 0 Å². The van der Waals surface area contributed by atoms with Crippen LogP contribution >= 0.6 is 0 Å². The standard InChI is InChI=1S/C23H37FN4O3S/c1-19(29)26-22-15-21(24)16-23(17-22)28-13-11-27(12-14-28)10-6-5-9-25-32(30,31)18-20-7-3-2-4-8-20/h15-17,20,25H,2-14,18H2,1H3,(H,26,29)/i2D2,3D2,4D2,7D2,8D2,15D,16D,17D,18D2,20D/hD2. The molecule has 2 N–H and O–H groups in total. The Bertz CT molecular complexity index is 1580. The van der Waals surface area contributed by atoms with Crippen molar-refractivity contribution in [2.75, 3.05) is 55.2 Å². The first-order valence-electron chi connectivity index (χ1n) is 18.8. The molecule has 1 aliphatic heterocycles. The Morgan fingerprint density at radius 2 is 1.97 bits per heavy atom. The van der Waals surface area contributed by atoms with Crippen LogP contribution in [0.5, 0.6) is 0 Å². The van der Waals surface area contributed by atoms with E-state index in [2.05, 4.69) is 0 Å². The first-order valence-corrected chi connectivity index (χ1v) is 11.4. The average molecular weight is 487 g/mol. The molecule has 2 fully saturated rings. The maximum Gasteiger partial charge on any atom is 0.221 e. The van der Waals surface area contributed by atoms with Gasteiger partial charge in [0.05, 0.1) is 9.82 Å². The number of anilines is 2. The zero-order chi connectivity index (χ0) is 39.0. The third-order valence-corrected chi connectivity index (χ3v) is 5.51. The Morgan fingerprint density at radius 1 is 1.25 bits per heavy atom. The summed E-state index contributed by atoms with van der Waals surface area (Å²) in [6.45, 7) is 1.30. The van der Waals surface area contributed by atoms with Crippen LogP contribution in [0.4, 0.5) is 15.8 Å². The van der Waals surface area contributed by atoms with Crippen molar-refractivity contribution in [3.8, 4) is 0 Å². The molecule has 0 spiro atoms. The summed E-state index contributed by atoms with van der Waals surface area (Å²) in [4.78, 5) is 15.0. The molecule has 0 aromatic heterocycles. The highest BCUT2D eigenvalue weighted by atomic mass is 32.2. The molecule has 9 heteroatoms. The van der Waals surface area contributed by atoms with Gasteiger partial charge in [0.2, 0.25) is 15.9 Å². The fourth-order valence-electron chi connectivity index (χ4n) is 3.07. The SMILES string of the molecule is [2H]c1c(F)c([2H])c(N([2H])C(C)=O)c([2H])c1N1CCN(CCCCN([2H])S(=O)(=O)C([2H])([2H])C2([2H])C([2H])([2H])C([2H])([2H])C([2H])([2H])C([2H])([2H])C2([2H])[2H])CC1. The van der Waals surface area contributed by atoms with E-state index in [1.54, 1.807) is 0 Å². The zero-order valence-corrected chi connectivity index (χ0v) is 18.3. The third-order valence-electron chi connectivity index (χ3n) is 4.53. The fourth-order valence-corrected chi connectivity index (χ4v) is 3.87. The van der Waals surface area contributed by atoms with E-state index in [0.717, 1.165) is 6.92 Å². The molecule has 1 heterocycles. The normalized spacial score (nSPS) is 36.3. The van der Waals surface area contributed by atoms with Crippen molar-refractivity contribution >= 4 is 27.3 Å². The van der Waals surface area contributed by atoms with Gasteiger partial charge < -0.3 is 10.2 Å². The van der Waals surface area contributed by atoms with E-state index in [-0.39, 0.29) is 61.3 Å². The smallest absolute Gasteiger partial charge is 0.221 e. The van der Waals surface area contributed by atoms with E-state index in [4.69, 9.17) is 24.8 Å². The Balaban J connectivity index is 1.72. The number of carbonyl (C=O) groups excluding carboxylic acids is 1. The second kappa shape index (κ2) is 12.0. The lowest BCUT2D eigenvalue weighted by molar-refractivity contribution is -0.114. The molecule has 7 nitrogen and oxygen atoms in total. The number of benzene rings is 1. The summed E-state index contributed by atoms with van der Waals surface area (Å²) in [7, 11) is -5.88. The van der Waals surface area contributed by atoms with Crippen molar-refractivity contribution < 1.29 is 42.4 Å². The van der Waals surface area contributed by atoms with Crippen LogP contribution in [0, 0.1) is 11.7 Å². The van der Waals surface area contributed by atoms with Crippen LogP contribution in [0.15, 0.2) is 18.1 Å². The van der Waals surface area contributed by atoms with E-state index in [1.807, 2.05) is 4.90 Å². The Hall–Kier alpha value is -1.71. The maximum absolute atomic E-state index is 14.7. The summed E-state index contributed by atoms with van der Waals surface area (Å²) in [6.07, 6.45) is -20.8. The van der Waals surface area contributed by atoms with Crippen molar-refractivity contribution in [3.05, 3.63) is 23.9 Å². The summed E-state index contributed by atoms with van der Waals surface area (Å²) in [5, 5.41) is 0.204. The quantitative estimate of drug-likeness (QED) is 0.497. The first kappa shape index (κ1) is 10.3. The number of unbranched alkanes of at least 4 members (excludes halogenated alkanes) is 1. The Labute approximate surface area is 217 Å². The summed E-state index contributed by atoms with van der Waals surface area (Å²) in [6, 6.07) is -2.24. The van der Waals surface area contributed by atoms with E-state index in [9.17, 15) is 17.6 Å². The van der Waals surface area contributed by atoms with Gasteiger partial charge in [-0.05, 0) is 56.2 Å². The number of hydrogen-bond acceptors (Lipinski definition) is 5. The largest absolute Gasteiger partial charge is 0.369 e. The average Bonchev–Trinajstić information content (AvgIpc) is 3.00. The van der Waals surface area contributed by atoms with Gasteiger partial charge in [-0.15, -0.1) is 0 Å². The molecule has 2 aliphatic rings. The maximum atomic E-state index is 14.7. The minimum Gasteiger partial charge on any atom is -0.369 e. The molecule has 1 aromatic rings. The highest BCUT2D eigenvalue weighted by Gasteiger charge is 2.21. The molecule has 1 amide bonds. The second-order valence-corrected chi connectivity index (χ2v) is 8.40. The molecule has 0 radical (unpaired) electrons. The van der Waals surface area contributed by atoms with Crippen LogP contribution in [-0.2, 0) is 14.8 Å². The van der Waals surface area contributed by atoms with Gasteiger partial charge in [0, 0.05) is 68.8 Å². The van der Waals surface area contributed by atoms with Crippen molar-refractivity contribution in [3.63, 3.8) is 0 Å². The molecule has 1 saturated heterocycles. The van der Waals surface area contributed by atoms with E-state index in [1.165, 1.54) is 4.90 Å². The van der Waals surface area contributed by atoms with Crippen LogP contribution < -0.4 is 14.9 Å². The van der Waals surface area contributed by atoms with Crippen LogP contribution in [0.1, 0.15) is 73.6 Å². The second-order valence-electron chi connectivity index (χ2n) is 6.98. The van der Waals surface area contributed by atoms with Gasteiger partial charge in [-0.25, -0.2) is 17.5 Å². The summed E-state index contributed by atoms with van der Waals surface area (Å²) in [5.41, 5.74) is -5.34. The van der Waals surface area contributed by atoms with Crippen molar-refractivity contribution in [2.45, 2.75) is 51.6 Å². The Kier molecular flexibility index (Phi) is 3.84. The number of amides is 1. The number of nitrogens with zero attached hydrogens (tertiary/aromatic N) is 2. The number of hydrogen-bond donors (Lipinski definition) is 2. The molecule has 3 rings (SSSR count). The molecule has 32 heavy (non-hydrogen) atoms. The van der Waals surface area contributed by atoms with Gasteiger partial charge in [0.1, 0.15) is 7.23 Å². The van der Waals surface area contributed by atoms with Crippen molar-refractivity contribution in [2.24, 2.45) is 5.89 Å². The monoisotopic (exact) mass is 486 g/mol. The predicted octanol–water partition coefficient (Wildman–Crippen LogP) is 3.19. The number of carbonyl (C=O) groups is 1. The van der Waals surface area contributed by atoms with Gasteiger partial charge in [-0.2, -0.15) is 0 Å². The minimum absolute atomic E-state index is 0.133. The molecule has 0 bridgehead atoms. The van der Waals surface area contributed by atoms with Crippen molar-refractivity contribution in [1.82, 2.24) is 9.62 Å². The molecular formula is C23H37FN4O3S. The summed E-state index contributed by atoms with van der Waals surface area (Å²) >= 11 is 0. The van der Waals surface area contributed by atoms with E-state index < -0.39 is 95.6 Å². The molecule has 1 aliphatic carbocycles. The number of piperazine rings is 1. The lowest BCUT2D eigenvalue weighted by Crippen LogP contribution is -2.46. The van der Waals surface area contributed by atoms with Crippen LogP contribution in [0.2, 0.25) is 2.82 Å². The lowest BCUT2D eigenvalue weighted by Gasteiger charge is -2.36. The van der Waals surface area contributed by atoms with Gasteiger partial charge in [-0.3, -0.25) is 9.69 Å². The lowest BCUT2D eigenvalue weighted by atomic mass is 9.91. The first-order chi connectivity index (χ1) is 22.4. The van der Waals surface area contributed by atoms with E-state index >= 15 is 0 Å². The third kappa shape index (κ3) is 8.33. The van der Waals surface area contributed by atoms with Crippen LogP contribution in [0.25, 0.3) is 0 Å². The van der Waals surface area contributed by atoms with E-state index in [0.29, 0.717) is 0 Å². The highest BCUT2D eigenvalue weighted by Crippen LogP contribution is 2.25. The van der Waals surface area contributed by atoms with Crippen LogP contribution in [0.3, 0.4) is 0 Å². The molecule has 180 valence electrons. The van der Waals surface area contributed by atoms with Gasteiger partial charge in [0.15, 0.2) is 1.41 Å². The van der Waals surface area contributed by atoms with Crippen LogP contribution in [-0.4, -0.2) is 64.2 Å². The number of rotatable bonds is 10. The number of nitrogens with one attached hydrogen (secondary N) is 2. The zero-order valence-electron chi connectivity index (χ0n) is 35.5. The predicted molar refractivity (Wildman–Crippen MR) is 127 cm³/mol. The molecule has 0 atom stereocenters.